The van der Waals surface area contributed by atoms with Gasteiger partial charge in [0.05, 0.1) is 13.2 Å². The monoisotopic (exact) mass is 518 g/mol. The van der Waals surface area contributed by atoms with E-state index in [2.05, 4.69) is 52.0 Å². The number of guanidine groups is 1. The number of halogens is 1. The largest absolute Gasteiger partial charge is 0.475 e. The van der Waals surface area contributed by atoms with Crippen LogP contribution in [-0.4, -0.2) is 44.4 Å². The Morgan fingerprint density at radius 2 is 2.11 bits per heavy atom. The Balaban J connectivity index is 0.00000392. The molecular weight excluding hydrogens is 487 g/mol. The summed E-state index contributed by atoms with van der Waals surface area (Å²) in [6.45, 7) is 7.51. The van der Waals surface area contributed by atoms with E-state index in [9.17, 15) is 0 Å². The molecule has 0 saturated carbocycles. The van der Waals surface area contributed by atoms with Gasteiger partial charge in [-0.05, 0) is 36.8 Å². The molecule has 1 unspecified atom stereocenters. The highest BCUT2D eigenvalue weighted by Gasteiger charge is 2.08. The van der Waals surface area contributed by atoms with Crippen molar-refractivity contribution in [3.63, 3.8) is 0 Å². The Hall–Kier alpha value is -1.39. The molecule has 6 nitrogen and oxygen atoms in total. The fraction of sp³-hybridized carbons (Fsp3) is 0.500. The van der Waals surface area contributed by atoms with E-state index in [0.29, 0.717) is 31.6 Å². The van der Waals surface area contributed by atoms with Gasteiger partial charge < -0.3 is 20.1 Å². The fourth-order valence-corrected chi connectivity index (χ4v) is 3.39. The fourth-order valence-electron chi connectivity index (χ4n) is 2.52. The highest BCUT2D eigenvalue weighted by Crippen LogP contribution is 2.16. The van der Waals surface area contributed by atoms with Gasteiger partial charge in [0.25, 0.3) is 0 Å². The van der Waals surface area contributed by atoms with Crippen LogP contribution in [0.25, 0.3) is 0 Å². The summed E-state index contributed by atoms with van der Waals surface area (Å²) < 4.78 is 10.7. The summed E-state index contributed by atoms with van der Waals surface area (Å²) in [6.07, 6.45) is 2.80. The van der Waals surface area contributed by atoms with Gasteiger partial charge in [0, 0.05) is 36.8 Å². The summed E-state index contributed by atoms with van der Waals surface area (Å²) in [5.41, 5.74) is 0.956. The molecule has 0 aliphatic heterocycles. The van der Waals surface area contributed by atoms with Gasteiger partial charge in [0.1, 0.15) is 6.61 Å². The van der Waals surface area contributed by atoms with Crippen molar-refractivity contribution in [3.8, 4) is 5.88 Å². The minimum Gasteiger partial charge on any atom is -0.475 e. The van der Waals surface area contributed by atoms with Gasteiger partial charge in [0.15, 0.2) is 5.96 Å². The molecule has 0 saturated heterocycles. The smallest absolute Gasteiger partial charge is 0.218 e. The van der Waals surface area contributed by atoms with Gasteiger partial charge in [-0.25, -0.2) is 9.98 Å². The van der Waals surface area contributed by atoms with E-state index < -0.39 is 0 Å². The Kier molecular flexibility index (Phi) is 12.8. The van der Waals surface area contributed by atoms with Crippen molar-refractivity contribution < 1.29 is 9.47 Å². The average molecular weight is 518 g/mol. The van der Waals surface area contributed by atoms with Crippen molar-refractivity contribution in [2.24, 2.45) is 10.9 Å². The molecule has 156 valence electrons. The minimum atomic E-state index is 0. The minimum absolute atomic E-state index is 0. The number of aliphatic imine (C=N–C) groups is 1. The van der Waals surface area contributed by atoms with E-state index in [1.165, 1.54) is 4.88 Å². The van der Waals surface area contributed by atoms with Crippen LogP contribution in [0.2, 0.25) is 0 Å². The van der Waals surface area contributed by atoms with Crippen LogP contribution in [0, 0.1) is 5.92 Å². The number of nitrogens with zero attached hydrogens (tertiary/aromatic N) is 2. The molecular formula is C20H31IN4O2S. The van der Waals surface area contributed by atoms with E-state index in [0.717, 1.165) is 31.0 Å². The quantitative estimate of drug-likeness (QED) is 0.206. The van der Waals surface area contributed by atoms with Crippen LogP contribution < -0.4 is 15.4 Å². The van der Waals surface area contributed by atoms with Crippen molar-refractivity contribution >= 4 is 41.3 Å². The predicted octanol–water partition coefficient (Wildman–Crippen LogP) is 3.72. The van der Waals surface area contributed by atoms with Gasteiger partial charge in [-0.1, -0.05) is 19.1 Å². The molecule has 2 heterocycles. The van der Waals surface area contributed by atoms with Crippen LogP contribution in [0.1, 0.15) is 24.3 Å². The molecule has 0 spiro atoms. The average Bonchev–Trinajstić information content (AvgIpc) is 3.18. The van der Waals surface area contributed by atoms with Crippen LogP contribution in [-0.2, 0) is 17.7 Å². The number of hydrogen-bond acceptors (Lipinski definition) is 5. The second kappa shape index (κ2) is 14.6. The third-order valence-corrected chi connectivity index (χ3v) is 4.77. The molecule has 28 heavy (non-hydrogen) atoms. The first-order chi connectivity index (χ1) is 13.2. The van der Waals surface area contributed by atoms with Crippen LogP contribution in [0.3, 0.4) is 0 Å². The number of ether oxygens (including phenoxy) is 2. The van der Waals surface area contributed by atoms with Crippen molar-refractivity contribution in [2.45, 2.75) is 26.8 Å². The zero-order chi connectivity index (χ0) is 19.3. The first-order valence-electron chi connectivity index (χ1n) is 9.33. The van der Waals surface area contributed by atoms with Crippen molar-refractivity contribution in [3.05, 3.63) is 46.3 Å². The van der Waals surface area contributed by atoms with Crippen molar-refractivity contribution in [1.82, 2.24) is 15.6 Å². The van der Waals surface area contributed by atoms with E-state index in [1.807, 2.05) is 23.5 Å². The third-order valence-electron chi connectivity index (χ3n) is 3.88. The molecule has 2 aromatic rings. The van der Waals surface area contributed by atoms with Gasteiger partial charge in [-0.2, -0.15) is 0 Å². The highest BCUT2D eigenvalue weighted by molar-refractivity contribution is 14.0. The summed E-state index contributed by atoms with van der Waals surface area (Å²) in [4.78, 5) is 10.4. The van der Waals surface area contributed by atoms with Gasteiger partial charge in [0.2, 0.25) is 5.88 Å². The zero-order valence-electron chi connectivity index (χ0n) is 16.8. The lowest BCUT2D eigenvalue weighted by Crippen LogP contribution is -2.39. The SMILES string of the molecule is CCNC(=NCc1cccnc1OCCOC)NCC(C)Cc1cccs1.I. The summed E-state index contributed by atoms with van der Waals surface area (Å²) in [7, 11) is 1.65. The molecule has 0 aliphatic carbocycles. The van der Waals surface area contributed by atoms with E-state index in [1.54, 1.807) is 13.3 Å². The van der Waals surface area contributed by atoms with Gasteiger partial charge in [-0.3, -0.25) is 0 Å². The molecule has 0 radical (unpaired) electrons. The molecule has 0 aliphatic rings. The Morgan fingerprint density at radius 1 is 1.25 bits per heavy atom. The maximum atomic E-state index is 5.68. The number of nitrogens with one attached hydrogen (secondary N) is 2. The summed E-state index contributed by atoms with van der Waals surface area (Å²) >= 11 is 1.81. The lowest BCUT2D eigenvalue weighted by atomic mass is 10.1. The van der Waals surface area contributed by atoms with Crippen LogP contribution in [0.5, 0.6) is 5.88 Å². The molecule has 2 aromatic heterocycles. The Bertz CT molecular complexity index is 683. The van der Waals surface area contributed by atoms with E-state index in [4.69, 9.17) is 9.47 Å². The number of thiophene rings is 1. The number of pyridine rings is 1. The summed E-state index contributed by atoms with van der Waals surface area (Å²) in [6, 6.07) is 8.18. The van der Waals surface area contributed by atoms with Crippen LogP contribution in [0.4, 0.5) is 0 Å². The van der Waals surface area contributed by atoms with Crippen LogP contribution >= 0.6 is 35.3 Å². The first kappa shape index (κ1) is 24.6. The second-order valence-electron chi connectivity index (χ2n) is 6.27. The molecule has 8 heteroatoms. The number of methoxy groups -OCH3 is 1. The maximum absolute atomic E-state index is 5.68. The molecule has 0 fully saturated rings. The standard InChI is InChI=1S/C20H30N4O2S.HI/c1-4-21-20(23-14-16(2)13-18-8-6-12-27-18)24-15-17-7-5-9-22-19(17)26-11-10-25-3;/h5-9,12,16H,4,10-11,13-15H2,1-3H3,(H2,21,23,24);1H. The Morgan fingerprint density at radius 3 is 2.82 bits per heavy atom. The number of hydrogen-bond donors (Lipinski definition) is 2. The lowest BCUT2D eigenvalue weighted by molar-refractivity contribution is 0.143. The lowest BCUT2D eigenvalue weighted by Gasteiger charge is -2.16. The molecule has 0 bridgehead atoms. The number of aromatic nitrogens is 1. The van der Waals surface area contributed by atoms with E-state index >= 15 is 0 Å². The predicted molar refractivity (Wildman–Crippen MR) is 127 cm³/mol. The highest BCUT2D eigenvalue weighted by atomic mass is 127. The van der Waals surface area contributed by atoms with Gasteiger partial charge in [-0.15, -0.1) is 35.3 Å². The van der Waals surface area contributed by atoms with Gasteiger partial charge >= 0.3 is 0 Å². The molecule has 2 rings (SSSR count). The van der Waals surface area contributed by atoms with Crippen molar-refractivity contribution in [2.75, 3.05) is 33.4 Å². The molecule has 2 N–H and O–H groups in total. The Labute approximate surface area is 189 Å². The topological polar surface area (TPSA) is 67.8 Å². The summed E-state index contributed by atoms with van der Waals surface area (Å²) in [5, 5.41) is 8.86. The first-order valence-corrected chi connectivity index (χ1v) is 10.2. The third kappa shape index (κ3) is 9.20. The number of rotatable bonds is 11. The van der Waals surface area contributed by atoms with Crippen molar-refractivity contribution in [1.29, 1.82) is 0 Å². The normalized spacial score (nSPS) is 12.2. The maximum Gasteiger partial charge on any atom is 0.218 e. The molecule has 0 aromatic carbocycles. The van der Waals surface area contributed by atoms with Crippen LogP contribution in [0.15, 0.2) is 40.8 Å². The van der Waals surface area contributed by atoms with E-state index in [-0.39, 0.29) is 24.0 Å². The second-order valence-corrected chi connectivity index (χ2v) is 7.31. The molecule has 0 amide bonds. The zero-order valence-corrected chi connectivity index (χ0v) is 20.0. The molecule has 1 atom stereocenters. The summed E-state index contributed by atoms with van der Waals surface area (Å²) in [5.74, 6) is 1.95.